The predicted octanol–water partition coefficient (Wildman–Crippen LogP) is 4.24. The molecule has 0 aliphatic carbocycles. The Labute approximate surface area is 128 Å². The third-order valence-electron chi connectivity index (χ3n) is 3.53. The van der Waals surface area contributed by atoms with Crippen LogP contribution in [0.4, 0.5) is 10.1 Å². The molecule has 2 aromatic carbocycles. The normalized spacial score (nSPS) is 18.3. The highest BCUT2D eigenvalue weighted by atomic mass is 32.2. The Morgan fingerprint density at radius 1 is 1.19 bits per heavy atom. The maximum atomic E-state index is 13.9. The van der Waals surface area contributed by atoms with E-state index in [0.29, 0.717) is 12.0 Å². The van der Waals surface area contributed by atoms with Gasteiger partial charge in [-0.05, 0) is 18.2 Å². The minimum absolute atomic E-state index is 0.0446. The molecule has 1 aliphatic heterocycles. The molecule has 2 nitrogen and oxygen atoms in total. The van der Waals surface area contributed by atoms with Crippen molar-refractivity contribution in [2.75, 3.05) is 4.90 Å². The van der Waals surface area contributed by atoms with Crippen LogP contribution in [0.5, 0.6) is 0 Å². The number of nitrogens with zero attached hydrogens (tertiary/aromatic N) is 1. The van der Waals surface area contributed by atoms with Gasteiger partial charge in [0, 0.05) is 22.1 Å². The van der Waals surface area contributed by atoms with Gasteiger partial charge in [-0.2, -0.15) is 0 Å². The Morgan fingerprint density at radius 3 is 2.71 bits per heavy atom. The summed E-state index contributed by atoms with van der Waals surface area (Å²) in [4.78, 5) is 15.3. The molecule has 4 heteroatoms. The second-order valence-electron chi connectivity index (χ2n) is 5.17. The van der Waals surface area contributed by atoms with Crippen LogP contribution in [0.15, 0.2) is 53.4 Å². The first-order valence-corrected chi connectivity index (χ1v) is 7.82. The molecule has 3 rings (SSSR count). The number of carbonyl (C=O) groups is 1. The number of benzene rings is 2. The third kappa shape index (κ3) is 2.95. The molecular formula is C17H16FNOS. The number of para-hydroxylation sites is 1. The first-order chi connectivity index (χ1) is 10.1. The summed E-state index contributed by atoms with van der Waals surface area (Å²) in [6.07, 6.45) is 0.466. The van der Waals surface area contributed by atoms with Gasteiger partial charge >= 0.3 is 0 Å². The van der Waals surface area contributed by atoms with Gasteiger partial charge in [-0.25, -0.2) is 4.39 Å². The van der Waals surface area contributed by atoms with Crippen LogP contribution in [-0.2, 0) is 11.3 Å². The van der Waals surface area contributed by atoms with E-state index >= 15 is 0 Å². The van der Waals surface area contributed by atoms with E-state index in [1.54, 1.807) is 34.9 Å². The highest BCUT2D eigenvalue weighted by Crippen LogP contribution is 2.38. The van der Waals surface area contributed by atoms with E-state index in [1.807, 2.05) is 31.2 Å². The average molecular weight is 301 g/mol. The minimum atomic E-state index is -0.271. The van der Waals surface area contributed by atoms with Gasteiger partial charge in [-0.15, -0.1) is 11.8 Å². The molecule has 1 amide bonds. The average Bonchev–Trinajstić information content (AvgIpc) is 2.58. The van der Waals surface area contributed by atoms with Crippen LogP contribution in [0.1, 0.15) is 18.9 Å². The van der Waals surface area contributed by atoms with Crippen LogP contribution in [0.2, 0.25) is 0 Å². The lowest BCUT2D eigenvalue weighted by Gasteiger charge is -2.23. The molecule has 0 bridgehead atoms. The van der Waals surface area contributed by atoms with E-state index in [2.05, 4.69) is 0 Å². The fourth-order valence-corrected chi connectivity index (χ4v) is 3.61. The Kier molecular flexibility index (Phi) is 3.97. The molecule has 0 spiro atoms. The molecule has 0 fully saturated rings. The fourth-order valence-electron chi connectivity index (χ4n) is 2.50. The second kappa shape index (κ2) is 5.90. The molecular weight excluding hydrogens is 285 g/mol. The molecule has 0 aromatic heterocycles. The number of thioether (sulfide) groups is 1. The molecule has 1 aliphatic rings. The number of anilines is 1. The zero-order chi connectivity index (χ0) is 14.8. The van der Waals surface area contributed by atoms with E-state index in [1.165, 1.54) is 6.07 Å². The van der Waals surface area contributed by atoms with Gasteiger partial charge in [0.25, 0.3) is 0 Å². The molecule has 1 atom stereocenters. The van der Waals surface area contributed by atoms with Gasteiger partial charge in [0.1, 0.15) is 5.82 Å². The minimum Gasteiger partial charge on any atom is -0.307 e. The first kappa shape index (κ1) is 14.1. The lowest BCUT2D eigenvalue weighted by molar-refractivity contribution is -0.118. The van der Waals surface area contributed by atoms with Crippen molar-refractivity contribution in [3.63, 3.8) is 0 Å². The highest BCUT2D eigenvalue weighted by molar-refractivity contribution is 8.00. The summed E-state index contributed by atoms with van der Waals surface area (Å²) in [5.41, 5.74) is 1.42. The molecule has 0 saturated carbocycles. The van der Waals surface area contributed by atoms with Crippen LogP contribution < -0.4 is 4.90 Å². The molecule has 0 radical (unpaired) electrons. The van der Waals surface area contributed by atoms with Crippen molar-refractivity contribution in [3.05, 3.63) is 59.9 Å². The molecule has 0 saturated heterocycles. The smallest absolute Gasteiger partial charge is 0.228 e. The van der Waals surface area contributed by atoms with Gasteiger partial charge in [0.15, 0.2) is 0 Å². The van der Waals surface area contributed by atoms with Crippen LogP contribution >= 0.6 is 11.8 Å². The maximum Gasteiger partial charge on any atom is 0.228 e. The second-order valence-corrected chi connectivity index (χ2v) is 6.65. The lowest BCUT2D eigenvalue weighted by atomic mass is 10.1. The highest BCUT2D eigenvalue weighted by Gasteiger charge is 2.26. The summed E-state index contributed by atoms with van der Waals surface area (Å²) in [6.45, 7) is 2.32. The zero-order valence-electron chi connectivity index (χ0n) is 11.8. The first-order valence-electron chi connectivity index (χ1n) is 6.94. The summed E-state index contributed by atoms with van der Waals surface area (Å²) in [5, 5.41) is 0.226. The molecule has 21 heavy (non-hydrogen) atoms. The predicted molar refractivity (Wildman–Crippen MR) is 84.0 cm³/mol. The fraction of sp³-hybridized carbons (Fsp3) is 0.235. The lowest BCUT2D eigenvalue weighted by Crippen LogP contribution is -2.31. The number of halogens is 1. The third-order valence-corrected chi connectivity index (χ3v) is 4.70. The van der Waals surface area contributed by atoms with E-state index in [9.17, 15) is 9.18 Å². The van der Waals surface area contributed by atoms with Gasteiger partial charge in [-0.1, -0.05) is 37.3 Å². The topological polar surface area (TPSA) is 20.3 Å². The van der Waals surface area contributed by atoms with Crippen LogP contribution in [-0.4, -0.2) is 11.2 Å². The summed E-state index contributed by atoms with van der Waals surface area (Å²) in [5.74, 6) is -0.226. The van der Waals surface area contributed by atoms with Crippen LogP contribution in [0, 0.1) is 5.82 Å². The van der Waals surface area contributed by atoms with Gasteiger partial charge in [0.05, 0.1) is 12.2 Å². The summed E-state index contributed by atoms with van der Waals surface area (Å²) >= 11 is 1.70. The van der Waals surface area contributed by atoms with E-state index in [4.69, 9.17) is 0 Å². The van der Waals surface area contributed by atoms with Crippen molar-refractivity contribution in [3.8, 4) is 0 Å². The summed E-state index contributed by atoms with van der Waals surface area (Å²) < 4.78 is 13.9. The zero-order valence-corrected chi connectivity index (χ0v) is 12.6. The monoisotopic (exact) mass is 301 g/mol. The number of carbonyl (C=O) groups excluding carboxylic acids is 1. The number of fused-ring (bicyclic) bond motifs is 1. The van der Waals surface area contributed by atoms with Crippen molar-refractivity contribution < 1.29 is 9.18 Å². The van der Waals surface area contributed by atoms with Crippen LogP contribution in [0.3, 0.4) is 0 Å². The molecule has 0 N–H and O–H groups in total. The van der Waals surface area contributed by atoms with Crippen molar-refractivity contribution in [1.29, 1.82) is 0 Å². The Bertz CT molecular complexity index is 673. The van der Waals surface area contributed by atoms with Crippen molar-refractivity contribution >= 4 is 23.4 Å². The SMILES string of the molecule is C[C@@H]1CC(=O)N(Cc2ccccc2F)c2ccccc2S1. The Balaban J connectivity index is 2.00. The quantitative estimate of drug-likeness (QED) is 0.827. The van der Waals surface area contributed by atoms with Gasteiger partial charge < -0.3 is 4.90 Å². The van der Waals surface area contributed by atoms with Crippen molar-refractivity contribution in [2.45, 2.75) is 30.0 Å². The number of amides is 1. The number of hydrogen-bond donors (Lipinski definition) is 0. The Morgan fingerprint density at radius 2 is 1.90 bits per heavy atom. The molecule has 0 unspecified atom stereocenters. The van der Waals surface area contributed by atoms with E-state index in [0.717, 1.165) is 10.6 Å². The van der Waals surface area contributed by atoms with E-state index < -0.39 is 0 Å². The molecule has 108 valence electrons. The van der Waals surface area contributed by atoms with Crippen molar-refractivity contribution in [2.24, 2.45) is 0 Å². The molecule has 1 heterocycles. The van der Waals surface area contributed by atoms with Crippen LogP contribution in [0.25, 0.3) is 0 Å². The Hall–Kier alpha value is -1.81. The van der Waals surface area contributed by atoms with Gasteiger partial charge in [0.2, 0.25) is 5.91 Å². The maximum absolute atomic E-state index is 13.9. The number of hydrogen-bond acceptors (Lipinski definition) is 2. The van der Waals surface area contributed by atoms with Gasteiger partial charge in [-0.3, -0.25) is 4.79 Å². The van der Waals surface area contributed by atoms with E-state index in [-0.39, 0.29) is 23.5 Å². The molecule has 2 aromatic rings. The number of rotatable bonds is 2. The standard InChI is InChI=1S/C17H16FNOS/c1-12-10-17(20)19(11-13-6-2-3-7-14(13)18)15-8-4-5-9-16(15)21-12/h2-9,12H,10-11H2,1H3/t12-/m1/s1. The van der Waals surface area contributed by atoms with Crippen molar-refractivity contribution in [1.82, 2.24) is 0 Å². The summed E-state index contributed by atoms with van der Waals surface area (Å²) in [7, 11) is 0. The largest absolute Gasteiger partial charge is 0.307 e. The summed E-state index contributed by atoms with van der Waals surface area (Å²) in [6, 6.07) is 14.4.